The number of nitrogens with zero attached hydrogens (tertiary/aromatic N) is 3. The number of halogens is 1. The van der Waals surface area contributed by atoms with Gasteiger partial charge in [-0.15, -0.1) is 16.8 Å². The molecule has 6 nitrogen and oxygen atoms in total. The standard InChI is InChI=1S/C22H23ClN4O2S/c1-3-13-27-21(17-7-11-19(12-8-17)29-4-2)25-26-22(27)30-15-20(28)24-14-16-5-9-18(23)10-6-16/h3,5-12H,1,4,13-15H2,2H3,(H,24,28). The summed E-state index contributed by atoms with van der Waals surface area (Å²) in [4.78, 5) is 12.3. The average Bonchev–Trinajstić information content (AvgIpc) is 3.15. The second kappa shape index (κ2) is 10.8. The Morgan fingerprint density at radius 1 is 1.20 bits per heavy atom. The molecule has 1 amide bonds. The van der Waals surface area contributed by atoms with Gasteiger partial charge in [-0.1, -0.05) is 41.6 Å². The zero-order valence-corrected chi connectivity index (χ0v) is 18.2. The summed E-state index contributed by atoms with van der Waals surface area (Å²) >= 11 is 7.22. The number of amides is 1. The number of carbonyl (C=O) groups is 1. The summed E-state index contributed by atoms with van der Waals surface area (Å²) in [5.74, 6) is 1.70. The molecule has 3 aromatic rings. The number of allylic oxidation sites excluding steroid dienone is 1. The van der Waals surface area contributed by atoms with E-state index in [2.05, 4.69) is 22.1 Å². The van der Waals surface area contributed by atoms with E-state index in [9.17, 15) is 4.79 Å². The van der Waals surface area contributed by atoms with Crippen molar-refractivity contribution in [3.63, 3.8) is 0 Å². The highest BCUT2D eigenvalue weighted by Crippen LogP contribution is 2.25. The first kappa shape index (κ1) is 21.9. The van der Waals surface area contributed by atoms with E-state index in [1.165, 1.54) is 11.8 Å². The highest BCUT2D eigenvalue weighted by Gasteiger charge is 2.15. The van der Waals surface area contributed by atoms with Gasteiger partial charge < -0.3 is 10.1 Å². The molecule has 156 valence electrons. The molecule has 1 heterocycles. The number of thioether (sulfide) groups is 1. The lowest BCUT2D eigenvalue weighted by Crippen LogP contribution is -2.24. The van der Waals surface area contributed by atoms with Crippen LogP contribution in [0.4, 0.5) is 0 Å². The number of hydrogen-bond donors (Lipinski definition) is 1. The molecule has 2 aromatic carbocycles. The molecule has 30 heavy (non-hydrogen) atoms. The van der Waals surface area contributed by atoms with Crippen LogP contribution in [0.3, 0.4) is 0 Å². The summed E-state index contributed by atoms with van der Waals surface area (Å²) < 4.78 is 7.44. The van der Waals surface area contributed by atoms with E-state index in [1.807, 2.05) is 47.9 Å². The molecular weight excluding hydrogens is 420 g/mol. The van der Waals surface area contributed by atoms with Crippen LogP contribution in [0.2, 0.25) is 5.02 Å². The lowest BCUT2D eigenvalue weighted by atomic mass is 10.2. The number of benzene rings is 2. The Kier molecular flexibility index (Phi) is 7.93. The molecule has 0 atom stereocenters. The number of aromatic nitrogens is 3. The monoisotopic (exact) mass is 442 g/mol. The van der Waals surface area contributed by atoms with E-state index in [4.69, 9.17) is 16.3 Å². The summed E-state index contributed by atoms with van der Waals surface area (Å²) in [5.41, 5.74) is 1.91. The van der Waals surface area contributed by atoms with Crippen LogP contribution in [0, 0.1) is 0 Å². The van der Waals surface area contributed by atoms with E-state index in [0.29, 0.717) is 29.9 Å². The zero-order chi connectivity index (χ0) is 21.3. The van der Waals surface area contributed by atoms with Crippen molar-refractivity contribution in [3.05, 3.63) is 71.8 Å². The van der Waals surface area contributed by atoms with Gasteiger partial charge in [0.15, 0.2) is 11.0 Å². The number of carbonyl (C=O) groups excluding carboxylic acids is 1. The van der Waals surface area contributed by atoms with Crippen LogP contribution in [-0.2, 0) is 17.9 Å². The first-order valence-corrected chi connectivity index (χ1v) is 10.9. The summed E-state index contributed by atoms with van der Waals surface area (Å²) in [6.45, 7) is 7.38. The lowest BCUT2D eigenvalue weighted by molar-refractivity contribution is -0.118. The van der Waals surface area contributed by atoms with E-state index >= 15 is 0 Å². The second-order valence-corrected chi connectivity index (χ2v) is 7.73. The maximum Gasteiger partial charge on any atom is 0.230 e. The Morgan fingerprint density at radius 3 is 2.60 bits per heavy atom. The Labute approximate surface area is 185 Å². The van der Waals surface area contributed by atoms with Crippen molar-refractivity contribution in [2.75, 3.05) is 12.4 Å². The first-order valence-electron chi connectivity index (χ1n) is 9.52. The average molecular weight is 443 g/mol. The number of ether oxygens (including phenoxy) is 1. The SMILES string of the molecule is C=CCn1c(SCC(=O)NCc2ccc(Cl)cc2)nnc1-c1ccc(OCC)cc1. The fourth-order valence-corrected chi connectivity index (χ4v) is 3.66. The molecular formula is C22H23ClN4O2S. The highest BCUT2D eigenvalue weighted by molar-refractivity contribution is 7.99. The maximum absolute atomic E-state index is 12.3. The van der Waals surface area contributed by atoms with Gasteiger partial charge in [0.2, 0.25) is 5.91 Å². The molecule has 0 aliphatic heterocycles. The lowest BCUT2D eigenvalue weighted by Gasteiger charge is -2.09. The predicted octanol–water partition coefficient (Wildman–Crippen LogP) is 4.59. The zero-order valence-electron chi connectivity index (χ0n) is 16.7. The van der Waals surface area contributed by atoms with Gasteiger partial charge >= 0.3 is 0 Å². The Bertz CT molecular complexity index is 987. The first-order chi connectivity index (χ1) is 14.6. The summed E-state index contributed by atoms with van der Waals surface area (Å²) in [6.07, 6.45) is 1.78. The van der Waals surface area contributed by atoms with E-state index in [0.717, 1.165) is 22.7 Å². The van der Waals surface area contributed by atoms with Crippen LogP contribution in [0.25, 0.3) is 11.4 Å². The normalized spacial score (nSPS) is 10.6. The minimum atomic E-state index is -0.0780. The van der Waals surface area contributed by atoms with Crippen molar-refractivity contribution in [2.24, 2.45) is 0 Å². The number of rotatable bonds is 10. The van der Waals surface area contributed by atoms with Gasteiger partial charge in [-0.2, -0.15) is 0 Å². The fourth-order valence-electron chi connectivity index (χ4n) is 2.75. The van der Waals surface area contributed by atoms with Gasteiger partial charge in [0.05, 0.1) is 12.4 Å². The molecule has 0 saturated heterocycles. The van der Waals surface area contributed by atoms with E-state index < -0.39 is 0 Å². The van der Waals surface area contributed by atoms with E-state index in [-0.39, 0.29) is 11.7 Å². The Hall–Kier alpha value is -2.77. The quantitative estimate of drug-likeness (QED) is 0.367. The van der Waals surface area contributed by atoms with Crippen LogP contribution in [-0.4, -0.2) is 33.0 Å². The number of hydrogen-bond acceptors (Lipinski definition) is 5. The second-order valence-electron chi connectivity index (χ2n) is 6.35. The van der Waals surface area contributed by atoms with Gasteiger partial charge in [0.1, 0.15) is 5.75 Å². The Morgan fingerprint density at radius 2 is 1.93 bits per heavy atom. The molecule has 3 rings (SSSR count). The van der Waals surface area contributed by atoms with Gasteiger partial charge in [0.25, 0.3) is 0 Å². The molecule has 0 aliphatic rings. The van der Waals surface area contributed by atoms with Crippen LogP contribution >= 0.6 is 23.4 Å². The topological polar surface area (TPSA) is 69.0 Å². The summed E-state index contributed by atoms with van der Waals surface area (Å²) in [7, 11) is 0. The third-order valence-electron chi connectivity index (χ3n) is 4.19. The largest absolute Gasteiger partial charge is 0.494 e. The highest BCUT2D eigenvalue weighted by atomic mass is 35.5. The van der Waals surface area contributed by atoms with Gasteiger partial charge in [0, 0.05) is 23.7 Å². The van der Waals surface area contributed by atoms with Gasteiger partial charge in [-0.05, 0) is 48.9 Å². The van der Waals surface area contributed by atoms with Crippen LogP contribution in [0.1, 0.15) is 12.5 Å². The fraction of sp³-hybridized carbons (Fsp3) is 0.227. The molecule has 1 N–H and O–H groups in total. The molecule has 0 radical (unpaired) electrons. The predicted molar refractivity (Wildman–Crippen MR) is 121 cm³/mol. The third-order valence-corrected chi connectivity index (χ3v) is 5.41. The summed E-state index contributed by atoms with van der Waals surface area (Å²) in [6, 6.07) is 15.1. The molecule has 1 aromatic heterocycles. The molecule has 0 unspecified atom stereocenters. The van der Waals surface area contributed by atoms with E-state index in [1.54, 1.807) is 18.2 Å². The van der Waals surface area contributed by atoms with Crippen molar-refractivity contribution >= 4 is 29.3 Å². The molecule has 0 saturated carbocycles. The number of nitrogens with one attached hydrogen (secondary N) is 1. The Balaban J connectivity index is 1.63. The van der Waals surface area contributed by atoms with Gasteiger partial charge in [-0.3, -0.25) is 9.36 Å². The molecule has 0 spiro atoms. The van der Waals surface area contributed by atoms with Crippen molar-refractivity contribution < 1.29 is 9.53 Å². The smallest absolute Gasteiger partial charge is 0.230 e. The van der Waals surface area contributed by atoms with Crippen LogP contribution in [0.15, 0.2) is 66.3 Å². The van der Waals surface area contributed by atoms with Gasteiger partial charge in [-0.25, -0.2) is 0 Å². The molecule has 0 fully saturated rings. The molecule has 8 heteroatoms. The van der Waals surface area contributed by atoms with Crippen molar-refractivity contribution in [3.8, 4) is 17.1 Å². The molecule has 0 bridgehead atoms. The maximum atomic E-state index is 12.3. The third kappa shape index (κ3) is 5.87. The minimum Gasteiger partial charge on any atom is -0.494 e. The van der Waals surface area contributed by atoms with Crippen molar-refractivity contribution in [1.29, 1.82) is 0 Å². The molecule has 0 aliphatic carbocycles. The van der Waals surface area contributed by atoms with Crippen molar-refractivity contribution in [2.45, 2.75) is 25.2 Å². The van der Waals surface area contributed by atoms with Crippen molar-refractivity contribution in [1.82, 2.24) is 20.1 Å². The summed E-state index contributed by atoms with van der Waals surface area (Å²) in [5, 5.41) is 12.8. The minimum absolute atomic E-state index is 0.0780. The van der Waals surface area contributed by atoms with Crippen LogP contribution < -0.4 is 10.1 Å². The van der Waals surface area contributed by atoms with Crippen LogP contribution in [0.5, 0.6) is 5.75 Å².